The van der Waals surface area contributed by atoms with E-state index in [0.29, 0.717) is 11.6 Å². The minimum atomic E-state index is -0.812. The Bertz CT molecular complexity index is 331. The summed E-state index contributed by atoms with van der Waals surface area (Å²) in [5.74, 6) is 1.49. The molecule has 1 rings (SSSR count). The minimum absolute atomic E-state index is 0.107. The van der Waals surface area contributed by atoms with Crippen molar-refractivity contribution in [1.82, 2.24) is 9.97 Å². The predicted molar refractivity (Wildman–Crippen MR) is 58.5 cm³/mol. The van der Waals surface area contributed by atoms with Gasteiger partial charge in [-0.2, -0.15) is 4.98 Å². The fraction of sp³-hybridized carbons (Fsp3) is 0.500. The van der Waals surface area contributed by atoms with Crippen molar-refractivity contribution in [1.29, 1.82) is 0 Å². The Kier molecular flexibility index (Phi) is 3.82. The fourth-order valence-electron chi connectivity index (χ4n) is 1.10. The topological polar surface area (TPSA) is 80.9 Å². The largest absolute Gasteiger partial charge is 0.368 e. The van der Waals surface area contributed by atoms with Crippen LogP contribution < -0.4 is 11.1 Å². The van der Waals surface area contributed by atoms with E-state index in [0.717, 1.165) is 0 Å². The van der Waals surface area contributed by atoms with Gasteiger partial charge in [0, 0.05) is 35.0 Å². The van der Waals surface area contributed by atoms with Crippen LogP contribution in [0.3, 0.4) is 0 Å². The molecule has 0 saturated heterocycles. The van der Waals surface area contributed by atoms with Gasteiger partial charge in [0.1, 0.15) is 5.82 Å². The zero-order valence-corrected chi connectivity index (χ0v) is 9.04. The molecule has 2 atom stereocenters. The lowest BCUT2D eigenvalue weighted by Crippen LogP contribution is -2.23. The number of hydrogen-bond acceptors (Lipinski definition) is 5. The Morgan fingerprint density at radius 3 is 3.00 bits per heavy atom. The third-order valence-corrected chi connectivity index (χ3v) is 2.52. The molecule has 0 aliphatic rings. The van der Waals surface area contributed by atoms with Crippen molar-refractivity contribution >= 4 is 22.6 Å². The van der Waals surface area contributed by atoms with Gasteiger partial charge in [-0.3, -0.25) is 4.21 Å². The maximum Gasteiger partial charge on any atom is 0.221 e. The smallest absolute Gasteiger partial charge is 0.221 e. The normalized spacial score (nSPS) is 14.7. The van der Waals surface area contributed by atoms with E-state index in [1.807, 2.05) is 6.92 Å². The fourth-order valence-corrected chi connectivity index (χ4v) is 1.89. The van der Waals surface area contributed by atoms with E-state index in [1.54, 1.807) is 18.5 Å². The molecule has 0 spiro atoms. The van der Waals surface area contributed by atoms with Crippen molar-refractivity contribution in [3.8, 4) is 0 Å². The highest BCUT2D eigenvalue weighted by Crippen LogP contribution is 2.04. The van der Waals surface area contributed by atoms with Gasteiger partial charge in [0.15, 0.2) is 0 Å². The lowest BCUT2D eigenvalue weighted by molar-refractivity contribution is 0.683. The highest BCUT2D eigenvalue weighted by molar-refractivity contribution is 7.84. The molecule has 2 unspecified atom stereocenters. The predicted octanol–water partition coefficient (Wildman–Crippen LogP) is 0.238. The van der Waals surface area contributed by atoms with Crippen LogP contribution in [0.15, 0.2) is 12.3 Å². The van der Waals surface area contributed by atoms with Gasteiger partial charge in [0.25, 0.3) is 0 Å². The monoisotopic (exact) mass is 214 g/mol. The van der Waals surface area contributed by atoms with E-state index in [2.05, 4.69) is 15.3 Å². The minimum Gasteiger partial charge on any atom is -0.368 e. The van der Waals surface area contributed by atoms with Gasteiger partial charge in [-0.15, -0.1) is 0 Å². The number of nitrogens with zero attached hydrogens (tertiary/aromatic N) is 2. The average molecular weight is 214 g/mol. The van der Waals surface area contributed by atoms with Crippen LogP contribution >= 0.6 is 0 Å². The van der Waals surface area contributed by atoms with Gasteiger partial charge in [-0.25, -0.2) is 4.98 Å². The summed E-state index contributed by atoms with van der Waals surface area (Å²) >= 11 is 0. The van der Waals surface area contributed by atoms with Crippen molar-refractivity contribution in [3.63, 3.8) is 0 Å². The third kappa shape index (κ3) is 3.69. The van der Waals surface area contributed by atoms with Crippen LogP contribution in [0.4, 0.5) is 11.8 Å². The number of rotatable bonds is 4. The van der Waals surface area contributed by atoms with Crippen molar-refractivity contribution in [3.05, 3.63) is 12.3 Å². The number of anilines is 2. The summed E-state index contributed by atoms with van der Waals surface area (Å²) in [6.07, 6.45) is 3.26. The molecule has 0 saturated carbocycles. The third-order valence-electron chi connectivity index (χ3n) is 1.55. The number of aromatic nitrogens is 2. The molecular weight excluding hydrogens is 200 g/mol. The van der Waals surface area contributed by atoms with E-state index < -0.39 is 10.8 Å². The van der Waals surface area contributed by atoms with Gasteiger partial charge in [-0.05, 0) is 13.0 Å². The van der Waals surface area contributed by atoms with E-state index in [-0.39, 0.29) is 12.0 Å². The van der Waals surface area contributed by atoms with E-state index in [9.17, 15) is 4.21 Å². The van der Waals surface area contributed by atoms with Gasteiger partial charge in [-0.1, -0.05) is 0 Å². The van der Waals surface area contributed by atoms with E-state index in [4.69, 9.17) is 5.73 Å². The van der Waals surface area contributed by atoms with Crippen LogP contribution in [0.25, 0.3) is 0 Å². The highest BCUT2D eigenvalue weighted by atomic mass is 32.2. The van der Waals surface area contributed by atoms with Crippen molar-refractivity contribution in [2.75, 3.05) is 23.1 Å². The average Bonchev–Trinajstić information content (AvgIpc) is 2.01. The zero-order valence-electron chi connectivity index (χ0n) is 8.23. The molecule has 0 amide bonds. The van der Waals surface area contributed by atoms with Gasteiger partial charge >= 0.3 is 0 Å². The number of nitrogens with one attached hydrogen (secondary N) is 1. The molecule has 1 aromatic heterocycles. The molecule has 78 valence electrons. The maximum atomic E-state index is 10.9. The zero-order chi connectivity index (χ0) is 10.6. The van der Waals surface area contributed by atoms with Gasteiger partial charge in [0.2, 0.25) is 5.95 Å². The summed E-state index contributed by atoms with van der Waals surface area (Å²) in [6, 6.07) is 1.83. The Labute approximate surface area is 85.6 Å². The van der Waals surface area contributed by atoms with Gasteiger partial charge < -0.3 is 11.1 Å². The summed E-state index contributed by atoms with van der Waals surface area (Å²) in [5.41, 5.74) is 5.41. The number of nitrogens with two attached hydrogens (primary N) is 1. The molecule has 0 fully saturated rings. The van der Waals surface area contributed by atoms with Crippen LogP contribution in [-0.2, 0) is 10.8 Å². The lowest BCUT2D eigenvalue weighted by Gasteiger charge is -2.12. The van der Waals surface area contributed by atoms with Crippen LogP contribution in [0, 0.1) is 0 Å². The molecule has 1 aromatic rings. The first-order valence-electron chi connectivity index (χ1n) is 4.23. The second-order valence-electron chi connectivity index (χ2n) is 3.09. The van der Waals surface area contributed by atoms with Crippen molar-refractivity contribution in [2.24, 2.45) is 0 Å². The van der Waals surface area contributed by atoms with Crippen LogP contribution in [0.2, 0.25) is 0 Å². The van der Waals surface area contributed by atoms with E-state index >= 15 is 0 Å². The Morgan fingerprint density at radius 2 is 2.43 bits per heavy atom. The summed E-state index contributed by atoms with van der Waals surface area (Å²) in [4.78, 5) is 7.75. The maximum absolute atomic E-state index is 10.9. The molecular formula is C8H14N4OS. The summed E-state index contributed by atoms with van der Waals surface area (Å²) in [6.45, 7) is 1.94. The van der Waals surface area contributed by atoms with Crippen LogP contribution in [0.5, 0.6) is 0 Å². The Morgan fingerprint density at radius 1 is 1.71 bits per heavy atom. The summed E-state index contributed by atoms with van der Waals surface area (Å²) in [7, 11) is -0.812. The molecule has 0 aromatic carbocycles. The molecule has 0 bridgehead atoms. The first-order valence-corrected chi connectivity index (χ1v) is 5.95. The molecule has 6 heteroatoms. The Hall–Kier alpha value is -1.17. The number of hydrogen-bond donors (Lipinski definition) is 2. The van der Waals surface area contributed by atoms with Crippen LogP contribution in [-0.4, -0.2) is 32.2 Å². The van der Waals surface area contributed by atoms with Crippen molar-refractivity contribution < 1.29 is 4.21 Å². The second-order valence-corrected chi connectivity index (χ2v) is 4.57. The molecule has 0 aliphatic carbocycles. The summed E-state index contributed by atoms with van der Waals surface area (Å²) < 4.78 is 10.9. The molecule has 0 radical (unpaired) electrons. The van der Waals surface area contributed by atoms with Crippen LogP contribution in [0.1, 0.15) is 6.92 Å². The summed E-state index contributed by atoms with van der Waals surface area (Å²) in [5, 5.41) is 3.09. The molecule has 0 aliphatic heterocycles. The molecule has 3 N–H and O–H groups in total. The standard InChI is InChI=1S/C8H14N4OS/c1-6(5-14(2)13)11-7-3-4-10-8(9)12-7/h3-4,6H,5H2,1-2H3,(H3,9,10,11,12). The Balaban J connectivity index is 2.55. The lowest BCUT2D eigenvalue weighted by atomic mass is 10.4. The van der Waals surface area contributed by atoms with Gasteiger partial charge in [0.05, 0.1) is 0 Å². The first-order chi connectivity index (χ1) is 6.58. The molecule has 5 nitrogen and oxygen atoms in total. The molecule has 14 heavy (non-hydrogen) atoms. The van der Waals surface area contributed by atoms with Crippen molar-refractivity contribution in [2.45, 2.75) is 13.0 Å². The quantitative estimate of drug-likeness (QED) is 0.750. The first kappa shape index (κ1) is 10.9. The SMILES string of the molecule is CC(CS(C)=O)Nc1ccnc(N)n1. The molecule has 1 heterocycles. The second kappa shape index (κ2) is 4.90. The number of nitrogen functional groups attached to an aromatic ring is 1. The highest BCUT2D eigenvalue weighted by Gasteiger charge is 2.04. The van der Waals surface area contributed by atoms with E-state index in [1.165, 1.54) is 0 Å².